The summed E-state index contributed by atoms with van der Waals surface area (Å²) in [5.74, 6) is -0.282. The Hall–Kier alpha value is -1.26. The van der Waals surface area contributed by atoms with Gasteiger partial charge in [0.2, 0.25) is 0 Å². The highest BCUT2D eigenvalue weighted by Gasteiger charge is 2.11. The molecule has 0 fully saturated rings. The molecule has 0 aliphatic rings. The Labute approximate surface area is 116 Å². The van der Waals surface area contributed by atoms with Crippen LogP contribution >= 0.6 is 0 Å². The molecular weight excluding hydrogens is 244 g/mol. The average Bonchev–Trinajstić information content (AvgIpc) is 2.38. The molecule has 5 heteroatoms. The maximum Gasteiger partial charge on any atom is 0.317 e. The summed E-state index contributed by atoms with van der Waals surface area (Å²) >= 11 is 0. The van der Waals surface area contributed by atoms with Crippen LogP contribution in [0.25, 0.3) is 0 Å². The van der Waals surface area contributed by atoms with Gasteiger partial charge >= 0.3 is 12.0 Å². The van der Waals surface area contributed by atoms with Gasteiger partial charge in [0, 0.05) is 26.6 Å². The molecule has 5 nitrogen and oxygen atoms in total. The molecule has 0 aromatic rings. The van der Waals surface area contributed by atoms with Crippen LogP contribution < -0.4 is 5.32 Å². The monoisotopic (exact) mass is 272 g/mol. The minimum atomic E-state index is -0.820. The Morgan fingerprint density at radius 2 is 1.95 bits per heavy atom. The number of carboxylic acid groups (broad SMARTS) is 1. The first-order valence-corrected chi connectivity index (χ1v) is 7.21. The summed E-state index contributed by atoms with van der Waals surface area (Å²) in [6.45, 7) is 5.49. The van der Waals surface area contributed by atoms with Gasteiger partial charge < -0.3 is 15.3 Å². The molecule has 0 radical (unpaired) electrons. The lowest BCUT2D eigenvalue weighted by atomic mass is 9.99. The van der Waals surface area contributed by atoms with Crippen LogP contribution in [0.4, 0.5) is 4.79 Å². The molecule has 0 aromatic carbocycles. The third-order valence-electron chi connectivity index (χ3n) is 3.32. The number of nitrogens with zero attached hydrogens (tertiary/aromatic N) is 1. The molecule has 0 rings (SSSR count). The van der Waals surface area contributed by atoms with Crippen molar-refractivity contribution in [3.8, 4) is 0 Å². The minimum Gasteiger partial charge on any atom is -0.481 e. The SMILES string of the molecule is CCCCC(CC)CNC(=O)N(C)CCCC(=O)O. The van der Waals surface area contributed by atoms with Gasteiger partial charge in [0.05, 0.1) is 0 Å². The van der Waals surface area contributed by atoms with Crippen LogP contribution in [0.15, 0.2) is 0 Å². The van der Waals surface area contributed by atoms with E-state index < -0.39 is 5.97 Å². The molecule has 2 N–H and O–H groups in total. The number of rotatable bonds is 10. The summed E-state index contributed by atoms with van der Waals surface area (Å²) in [7, 11) is 1.70. The van der Waals surface area contributed by atoms with Crippen molar-refractivity contribution in [1.29, 1.82) is 0 Å². The number of carboxylic acids is 1. The first-order valence-electron chi connectivity index (χ1n) is 7.21. The van der Waals surface area contributed by atoms with E-state index in [0.29, 0.717) is 25.4 Å². The molecule has 0 aromatic heterocycles. The smallest absolute Gasteiger partial charge is 0.317 e. The van der Waals surface area contributed by atoms with Crippen molar-refractivity contribution in [1.82, 2.24) is 10.2 Å². The Bertz CT molecular complexity index is 269. The van der Waals surface area contributed by atoms with Crippen LogP contribution in [0.1, 0.15) is 52.4 Å². The second-order valence-corrected chi connectivity index (χ2v) is 5.02. The van der Waals surface area contributed by atoms with E-state index in [1.807, 2.05) is 0 Å². The number of carbonyl (C=O) groups is 2. The highest BCUT2D eigenvalue weighted by Crippen LogP contribution is 2.11. The topological polar surface area (TPSA) is 69.6 Å². The number of hydrogen-bond acceptors (Lipinski definition) is 2. The lowest BCUT2D eigenvalue weighted by molar-refractivity contribution is -0.137. The zero-order valence-electron chi connectivity index (χ0n) is 12.4. The van der Waals surface area contributed by atoms with Crippen molar-refractivity contribution in [2.75, 3.05) is 20.1 Å². The van der Waals surface area contributed by atoms with Crippen molar-refractivity contribution >= 4 is 12.0 Å². The molecule has 0 bridgehead atoms. The number of nitrogens with one attached hydrogen (secondary N) is 1. The molecular formula is C14H28N2O3. The quantitative estimate of drug-likeness (QED) is 0.642. The summed E-state index contributed by atoms with van der Waals surface area (Å²) in [4.78, 5) is 23.7. The molecule has 0 saturated heterocycles. The highest BCUT2D eigenvalue weighted by molar-refractivity contribution is 5.73. The lowest BCUT2D eigenvalue weighted by Crippen LogP contribution is -2.40. The average molecular weight is 272 g/mol. The zero-order chi connectivity index (χ0) is 14.7. The van der Waals surface area contributed by atoms with E-state index in [4.69, 9.17) is 5.11 Å². The number of hydrogen-bond donors (Lipinski definition) is 2. The zero-order valence-corrected chi connectivity index (χ0v) is 12.4. The summed E-state index contributed by atoms with van der Waals surface area (Å²) in [5.41, 5.74) is 0. The van der Waals surface area contributed by atoms with Crippen LogP contribution in [0, 0.1) is 5.92 Å². The van der Waals surface area contributed by atoms with E-state index in [9.17, 15) is 9.59 Å². The normalized spacial score (nSPS) is 11.9. The van der Waals surface area contributed by atoms with Gasteiger partial charge in [0.1, 0.15) is 0 Å². The molecule has 0 aliphatic carbocycles. The number of aliphatic carboxylic acids is 1. The second kappa shape index (κ2) is 10.6. The van der Waals surface area contributed by atoms with Crippen molar-refractivity contribution in [2.45, 2.75) is 52.4 Å². The van der Waals surface area contributed by atoms with Gasteiger partial charge in [-0.3, -0.25) is 4.79 Å². The Balaban J connectivity index is 3.84. The van der Waals surface area contributed by atoms with Gasteiger partial charge in [0.25, 0.3) is 0 Å². The summed E-state index contributed by atoms with van der Waals surface area (Å²) in [6.07, 6.45) is 5.19. The van der Waals surface area contributed by atoms with Gasteiger partial charge in [0.15, 0.2) is 0 Å². The Morgan fingerprint density at radius 1 is 1.26 bits per heavy atom. The largest absolute Gasteiger partial charge is 0.481 e. The van der Waals surface area contributed by atoms with Gasteiger partial charge in [-0.1, -0.05) is 33.1 Å². The number of unbranched alkanes of at least 4 members (excludes halogenated alkanes) is 1. The van der Waals surface area contributed by atoms with Crippen molar-refractivity contribution in [3.05, 3.63) is 0 Å². The van der Waals surface area contributed by atoms with Crippen LogP contribution in [0.3, 0.4) is 0 Å². The molecule has 1 atom stereocenters. The third kappa shape index (κ3) is 9.33. The van der Waals surface area contributed by atoms with Crippen LogP contribution in [-0.4, -0.2) is 42.1 Å². The molecule has 0 spiro atoms. The summed E-state index contributed by atoms with van der Waals surface area (Å²) in [6, 6.07) is -0.111. The maximum atomic E-state index is 11.8. The first kappa shape index (κ1) is 17.7. The molecule has 0 heterocycles. The van der Waals surface area contributed by atoms with Gasteiger partial charge in [-0.25, -0.2) is 4.79 Å². The standard InChI is InChI=1S/C14H28N2O3/c1-4-6-8-12(5-2)11-15-14(19)16(3)10-7-9-13(17)18/h12H,4-11H2,1-3H3,(H,15,19)(H,17,18). The van der Waals surface area contributed by atoms with Crippen LogP contribution in [0.5, 0.6) is 0 Å². The van der Waals surface area contributed by atoms with E-state index in [2.05, 4.69) is 19.2 Å². The number of urea groups is 1. The minimum absolute atomic E-state index is 0.103. The van der Waals surface area contributed by atoms with E-state index in [0.717, 1.165) is 12.8 Å². The van der Waals surface area contributed by atoms with E-state index in [1.54, 1.807) is 11.9 Å². The maximum absolute atomic E-state index is 11.8. The predicted octanol–water partition coefficient (Wildman–Crippen LogP) is 2.71. The van der Waals surface area contributed by atoms with Gasteiger partial charge in [-0.2, -0.15) is 0 Å². The third-order valence-corrected chi connectivity index (χ3v) is 3.32. The number of amides is 2. The molecule has 0 saturated carbocycles. The fourth-order valence-corrected chi connectivity index (χ4v) is 1.88. The second-order valence-electron chi connectivity index (χ2n) is 5.02. The van der Waals surface area contributed by atoms with E-state index in [-0.39, 0.29) is 12.5 Å². The fourth-order valence-electron chi connectivity index (χ4n) is 1.88. The Morgan fingerprint density at radius 3 is 2.47 bits per heavy atom. The van der Waals surface area contributed by atoms with Crippen LogP contribution in [-0.2, 0) is 4.79 Å². The molecule has 1 unspecified atom stereocenters. The summed E-state index contributed by atoms with van der Waals surface area (Å²) in [5, 5.41) is 11.5. The van der Waals surface area contributed by atoms with Crippen molar-refractivity contribution in [3.63, 3.8) is 0 Å². The van der Waals surface area contributed by atoms with E-state index in [1.165, 1.54) is 12.8 Å². The highest BCUT2D eigenvalue weighted by atomic mass is 16.4. The van der Waals surface area contributed by atoms with Crippen molar-refractivity contribution < 1.29 is 14.7 Å². The number of carbonyl (C=O) groups excluding carboxylic acids is 1. The fraction of sp³-hybridized carbons (Fsp3) is 0.857. The van der Waals surface area contributed by atoms with Gasteiger partial charge in [-0.15, -0.1) is 0 Å². The van der Waals surface area contributed by atoms with Crippen LogP contribution in [0.2, 0.25) is 0 Å². The van der Waals surface area contributed by atoms with Gasteiger partial charge in [-0.05, 0) is 18.8 Å². The predicted molar refractivity (Wildman–Crippen MR) is 76.2 cm³/mol. The lowest BCUT2D eigenvalue weighted by Gasteiger charge is -2.20. The molecule has 19 heavy (non-hydrogen) atoms. The van der Waals surface area contributed by atoms with Crippen molar-refractivity contribution in [2.24, 2.45) is 5.92 Å². The van der Waals surface area contributed by atoms with E-state index >= 15 is 0 Å². The molecule has 0 aliphatic heterocycles. The summed E-state index contributed by atoms with van der Waals surface area (Å²) < 4.78 is 0. The first-order chi connectivity index (χ1) is 9.01. The molecule has 112 valence electrons. The Kier molecular flexibility index (Phi) is 9.94. The molecule has 2 amide bonds.